The number of amides is 1. The number of nitrogens with zero attached hydrogens (tertiary/aromatic N) is 1. The third-order valence-corrected chi connectivity index (χ3v) is 3.53. The number of aromatic nitrogens is 2. The molecule has 0 radical (unpaired) electrons. The van der Waals surface area contributed by atoms with Gasteiger partial charge in [-0.1, -0.05) is 12.1 Å². The molecule has 2 heterocycles. The Bertz CT molecular complexity index is 953. The fourth-order valence-electron chi connectivity index (χ4n) is 2.40. The summed E-state index contributed by atoms with van der Waals surface area (Å²) < 4.78 is 6.21. The molecular weight excluding hydrogens is 298 g/mol. The fraction of sp³-hybridized carbons (Fsp3) is 0.188. The number of hydrogen-bond donors (Lipinski definition) is 2. The summed E-state index contributed by atoms with van der Waals surface area (Å²) in [6.45, 7) is 1.49. The second-order valence-corrected chi connectivity index (χ2v) is 5.18. The third kappa shape index (κ3) is 2.94. The second kappa shape index (κ2) is 5.96. The average molecular weight is 313 g/mol. The highest BCUT2D eigenvalue weighted by Crippen LogP contribution is 2.11. The summed E-state index contributed by atoms with van der Waals surface area (Å²) in [6, 6.07) is 9.62. The van der Waals surface area contributed by atoms with E-state index in [1.165, 1.54) is 6.26 Å². The summed E-state index contributed by atoms with van der Waals surface area (Å²) in [5, 5.41) is 5.72. The molecule has 0 aliphatic carbocycles. The molecule has 0 spiro atoms. The molecule has 118 valence electrons. The van der Waals surface area contributed by atoms with Gasteiger partial charge in [0.15, 0.2) is 0 Å². The Hall–Kier alpha value is -3.09. The van der Waals surface area contributed by atoms with Crippen LogP contribution in [0.5, 0.6) is 0 Å². The van der Waals surface area contributed by atoms with E-state index in [2.05, 4.69) is 10.4 Å². The molecule has 2 aromatic heterocycles. The number of carbonyl (C=O) groups is 1. The van der Waals surface area contributed by atoms with E-state index in [1.54, 1.807) is 43.3 Å². The van der Waals surface area contributed by atoms with Crippen LogP contribution in [0.25, 0.3) is 10.8 Å². The molecule has 3 rings (SSSR count). The zero-order valence-corrected chi connectivity index (χ0v) is 12.4. The van der Waals surface area contributed by atoms with Crippen molar-refractivity contribution in [2.24, 2.45) is 0 Å². The molecule has 0 aliphatic rings. The number of rotatable bonds is 4. The van der Waals surface area contributed by atoms with Crippen LogP contribution in [-0.2, 0) is 11.3 Å². The quantitative estimate of drug-likeness (QED) is 0.755. The molecule has 0 fully saturated rings. The number of aromatic amines is 1. The van der Waals surface area contributed by atoms with Crippen LogP contribution in [0.15, 0.2) is 56.7 Å². The minimum absolute atomic E-state index is 0.274. The number of furan rings is 1. The number of H-pyrrole nitrogens is 1. The Morgan fingerprint density at radius 1 is 1.22 bits per heavy atom. The molecule has 0 bridgehead atoms. The van der Waals surface area contributed by atoms with Crippen LogP contribution in [0.2, 0.25) is 0 Å². The zero-order chi connectivity index (χ0) is 16.4. The maximum Gasteiger partial charge on any atom is 0.273 e. The normalized spacial score (nSPS) is 12.2. The van der Waals surface area contributed by atoms with Gasteiger partial charge >= 0.3 is 0 Å². The maximum atomic E-state index is 12.3. The summed E-state index contributed by atoms with van der Waals surface area (Å²) in [6.07, 6.45) is 1.52. The molecule has 2 N–H and O–H groups in total. The van der Waals surface area contributed by atoms with Crippen molar-refractivity contribution < 1.29 is 9.21 Å². The van der Waals surface area contributed by atoms with Gasteiger partial charge in [-0.2, -0.15) is 0 Å². The first kappa shape index (κ1) is 14.8. The van der Waals surface area contributed by atoms with Crippen molar-refractivity contribution in [2.45, 2.75) is 19.5 Å². The lowest BCUT2D eigenvalue weighted by Crippen LogP contribution is -2.37. The van der Waals surface area contributed by atoms with Crippen molar-refractivity contribution in [3.8, 4) is 0 Å². The summed E-state index contributed by atoms with van der Waals surface area (Å²) in [5.74, 6) is 0.208. The zero-order valence-electron chi connectivity index (χ0n) is 12.4. The first-order valence-corrected chi connectivity index (χ1v) is 7.11. The Morgan fingerprint density at radius 2 is 1.96 bits per heavy atom. The molecule has 23 heavy (non-hydrogen) atoms. The van der Waals surface area contributed by atoms with Gasteiger partial charge in [0.1, 0.15) is 12.3 Å². The molecule has 0 saturated heterocycles. The van der Waals surface area contributed by atoms with Crippen molar-refractivity contribution in [1.29, 1.82) is 0 Å². The Balaban J connectivity index is 1.84. The van der Waals surface area contributed by atoms with Crippen LogP contribution < -0.4 is 16.4 Å². The van der Waals surface area contributed by atoms with Crippen LogP contribution in [0.3, 0.4) is 0 Å². The van der Waals surface area contributed by atoms with Gasteiger partial charge in [0, 0.05) is 0 Å². The number of carbonyl (C=O) groups excluding carboxylic acids is 1. The highest BCUT2D eigenvalue weighted by molar-refractivity contribution is 5.81. The van der Waals surface area contributed by atoms with E-state index < -0.39 is 17.0 Å². The van der Waals surface area contributed by atoms with Gasteiger partial charge in [-0.05, 0) is 31.2 Å². The van der Waals surface area contributed by atoms with Crippen molar-refractivity contribution in [2.75, 3.05) is 0 Å². The highest BCUT2D eigenvalue weighted by Gasteiger charge is 2.14. The van der Waals surface area contributed by atoms with E-state index in [-0.39, 0.29) is 18.0 Å². The summed E-state index contributed by atoms with van der Waals surface area (Å²) in [4.78, 5) is 36.4. The van der Waals surface area contributed by atoms with Gasteiger partial charge in [-0.15, -0.1) is 0 Å². The minimum Gasteiger partial charge on any atom is -0.467 e. The highest BCUT2D eigenvalue weighted by atomic mass is 16.3. The smallest absolute Gasteiger partial charge is 0.273 e. The summed E-state index contributed by atoms with van der Waals surface area (Å²) >= 11 is 0. The van der Waals surface area contributed by atoms with Gasteiger partial charge in [0.05, 0.1) is 23.1 Å². The Labute approximate surface area is 130 Å². The molecule has 0 unspecified atom stereocenters. The minimum atomic E-state index is -0.416. The lowest BCUT2D eigenvalue weighted by atomic mass is 10.2. The molecule has 0 saturated carbocycles. The monoisotopic (exact) mass is 313 g/mol. The van der Waals surface area contributed by atoms with Crippen LogP contribution in [-0.4, -0.2) is 15.7 Å². The molecule has 7 heteroatoms. The molecule has 0 aliphatic heterocycles. The molecule has 3 aromatic rings. The number of hydrogen-bond acceptors (Lipinski definition) is 4. The second-order valence-electron chi connectivity index (χ2n) is 5.18. The van der Waals surface area contributed by atoms with Crippen molar-refractivity contribution in [1.82, 2.24) is 15.1 Å². The molecule has 1 atom stereocenters. The standard InChI is InChI=1S/C16H15N3O4/c1-10(13-7-4-8-23-13)17-14(20)9-19-16(22)12-6-3-2-5-11(12)15(21)18-19/h2-8,10H,9H2,1H3,(H,17,20)(H,18,21)/t10-/m0/s1. The van der Waals surface area contributed by atoms with Crippen molar-refractivity contribution >= 4 is 16.7 Å². The predicted octanol–water partition coefficient (Wildman–Crippen LogP) is 1.16. The van der Waals surface area contributed by atoms with E-state index in [0.717, 1.165) is 4.68 Å². The van der Waals surface area contributed by atoms with Gasteiger partial charge in [-0.3, -0.25) is 19.5 Å². The number of fused-ring (bicyclic) bond motifs is 1. The summed E-state index contributed by atoms with van der Waals surface area (Å²) in [5.41, 5.74) is -0.826. The van der Waals surface area contributed by atoms with Crippen LogP contribution in [0.1, 0.15) is 18.7 Å². The van der Waals surface area contributed by atoms with Crippen molar-refractivity contribution in [3.63, 3.8) is 0 Å². The van der Waals surface area contributed by atoms with Crippen LogP contribution >= 0.6 is 0 Å². The maximum absolute atomic E-state index is 12.3. The number of nitrogens with one attached hydrogen (secondary N) is 2. The van der Waals surface area contributed by atoms with E-state index in [1.807, 2.05) is 0 Å². The fourth-order valence-corrected chi connectivity index (χ4v) is 2.40. The SMILES string of the molecule is C[C@H](NC(=O)Cn1[nH]c(=O)c2ccccc2c1=O)c1ccco1. The van der Waals surface area contributed by atoms with Gasteiger partial charge in [0.25, 0.3) is 11.1 Å². The van der Waals surface area contributed by atoms with E-state index >= 15 is 0 Å². The first-order valence-electron chi connectivity index (χ1n) is 7.11. The van der Waals surface area contributed by atoms with Crippen molar-refractivity contribution in [3.05, 3.63) is 69.1 Å². The van der Waals surface area contributed by atoms with Gasteiger partial charge in [-0.25, -0.2) is 4.68 Å². The van der Waals surface area contributed by atoms with Crippen LogP contribution in [0, 0.1) is 0 Å². The summed E-state index contributed by atoms with van der Waals surface area (Å²) in [7, 11) is 0. The van der Waals surface area contributed by atoms with Gasteiger partial charge < -0.3 is 9.73 Å². The lowest BCUT2D eigenvalue weighted by Gasteiger charge is -2.12. The molecular formula is C16H15N3O4. The Morgan fingerprint density at radius 3 is 2.65 bits per heavy atom. The van der Waals surface area contributed by atoms with Gasteiger partial charge in [0.2, 0.25) is 5.91 Å². The lowest BCUT2D eigenvalue weighted by molar-refractivity contribution is -0.122. The van der Waals surface area contributed by atoms with E-state index in [9.17, 15) is 14.4 Å². The third-order valence-electron chi connectivity index (χ3n) is 3.53. The largest absolute Gasteiger partial charge is 0.467 e. The predicted molar refractivity (Wildman–Crippen MR) is 84.1 cm³/mol. The molecule has 7 nitrogen and oxygen atoms in total. The van der Waals surface area contributed by atoms with Crippen LogP contribution in [0.4, 0.5) is 0 Å². The molecule has 1 aromatic carbocycles. The van der Waals surface area contributed by atoms with E-state index in [4.69, 9.17) is 4.42 Å². The number of benzene rings is 1. The Kier molecular flexibility index (Phi) is 3.84. The first-order chi connectivity index (χ1) is 11.1. The molecule has 1 amide bonds. The topological polar surface area (TPSA) is 97.1 Å². The average Bonchev–Trinajstić information content (AvgIpc) is 3.07. The van der Waals surface area contributed by atoms with E-state index in [0.29, 0.717) is 11.1 Å².